The average molecular weight is 463 g/mol. The third kappa shape index (κ3) is 4.42. The molecule has 178 valence electrons. The van der Waals surface area contributed by atoms with Crippen LogP contribution in [0.5, 0.6) is 0 Å². The molecule has 2 amide bonds. The normalized spacial score (nSPS) is 19.5. The number of amides is 2. The van der Waals surface area contributed by atoms with Crippen LogP contribution in [0.3, 0.4) is 0 Å². The van der Waals surface area contributed by atoms with Gasteiger partial charge in [-0.25, -0.2) is 4.79 Å². The fraction of sp³-hybridized carbons (Fsp3) is 0.370. The highest BCUT2D eigenvalue weighted by Crippen LogP contribution is 2.44. The molecule has 7 nitrogen and oxygen atoms in total. The Labute approximate surface area is 199 Å². The van der Waals surface area contributed by atoms with Crippen LogP contribution >= 0.6 is 0 Å². The molecular weight excluding hydrogens is 432 g/mol. The number of benzene rings is 2. The Bertz CT molecular complexity index is 1100. The van der Waals surface area contributed by atoms with E-state index in [9.17, 15) is 19.5 Å². The monoisotopic (exact) mass is 462 g/mol. The Morgan fingerprint density at radius 2 is 1.74 bits per heavy atom. The zero-order chi connectivity index (χ0) is 24.3. The minimum Gasteiger partial charge on any atom is -0.481 e. The van der Waals surface area contributed by atoms with Crippen LogP contribution in [0, 0.1) is 5.41 Å². The van der Waals surface area contributed by atoms with Crippen LogP contribution in [-0.4, -0.2) is 54.2 Å². The highest BCUT2D eigenvalue weighted by Gasteiger charge is 2.44. The van der Waals surface area contributed by atoms with Crippen LogP contribution in [0.4, 0.5) is 4.79 Å². The maximum Gasteiger partial charge on any atom is 0.407 e. The fourth-order valence-electron chi connectivity index (χ4n) is 4.93. The summed E-state index contributed by atoms with van der Waals surface area (Å²) in [4.78, 5) is 38.2. The van der Waals surface area contributed by atoms with Gasteiger partial charge in [0.2, 0.25) is 5.91 Å². The van der Waals surface area contributed by atoms with Crippen LogP contribution in [-0.2, 0) is 14.3 Å². The second-order valence-electron chi connectivity index (χ2n) is 9.01. The summed E-state index contributed by atoms with van der Waals surface area (Å²) in [6.07, 6.45) is 2.03. The fourth-order valence-corrected chi connectivity index (χ4v) is 4.93. The molecule has 0 spiro atoms. The summed E-state index contributed by atoms with van der Waals surface area (Å²) in [5.74, 6) is -1.07. The van der Waals surface area contributed by atoms with Crippen LogP contribution in [0.25, 0.3) is 11.1 Å². The van der Waals surface area contributed by atoms with E-state index in [1.165, 1.54) is 11.1 Å². The summed E-state index contributed by atoms with van der Waals surface area (Å²) in [5.41, 5.74) is 4.23. The van der Waals surface area contributed by atoms with Gasteiger partial charge in [-0.05, 0) is 42.0 Å². The number of nitrogens with one attached hydrogen (secondary N) is 1. The summed E-state index contributed by atoms with van der Waals surface area (Å²) in [7, 11) is 0. The number of carboxylic acids is 1. The molecule has 7 heteroatoms. The summed E-state index contributed by atoms with van der Waals surface area (Å²) < 4.78 is 5.51. The molecule has 0 saturated carbocycles. The summed E-state index contributed by atoms with van der Waals surface area (Å²) >= 11 is 0. The van der Waals surface area contributed by atoms with Gasteiger partial charge in [0.1, 0.15) is 6.61 Å². The van der Waals surface area contributed by atoms with E-state index in [-0.39, 0.29) is 31.5 Å². The lowest BCUT2D eigenvalue weighted by molar-refractivity contribution is -0.148. The quantitative estimate of drug-likeness (QED) is 0.602. The Balaban J connectivity index is 1.29. The van der Waals surface area contributed by atoms with Crippen molar-refractivity contribution in [2.45, 2.75) is 32.6 Å². The van der Waals surface area contributed by atoms with Crippen molar-refractivity contribution in [2.24, 2.45) is 5.41 Å². The van der Waals surface area contributed by atoms with Gasteiger partial charge in [0.15, 0.2) is 0 Å². The first-order valence-corrected chi connectivity index (χ1v) is 11.6. The van der Waals surface area contributed by atoms with Crippen LogP contribution in [0.1, 0.15) is 43.7 Å². The lowest BCUT2D eigenvalue weighted by Crippen LogP contribution is -2.37. The second-order valence-corrected chi connectivity index (χ2v) is 9.01. The smallest absolute Gasteiger partial charge is 0.407 e. The van der Waals surface area contributed by atoms with Gasteiger partial charge in [-0.1, -0.05) is 61.5 Å². The van der Waals surface area contributed by atoms with Gasteiger partial charge in [-0.15, -0.1) is 0 Å². The molecule has 2 aromatic rings. The van der Waals surface area contributed by atoms with Crippen molar-refractivity contribution in [3.05, 3.63) is 71.3 Å². The van der Waals surface area contributed by atoms with Crippen molar-refractivity contribution in [3.8, 4) is 11.1 Å². The van der Waals surface area contributed by atoms with E-state index >= 15 is 0 Å². The summed E-state index contributed by atoms with van der Waals surface area (Å²) in [6.45, 7) is 4.52. The third-order valence-electron chi connectivity index (χ3n) is 7.11. The molecule has 1 unspecified atom stereocenters. The number of rotatable bonds is 7. The third-order valence-corrected chi connectivity index (χ3v) is 7.11. The van der Waals surface area contributed by atoms with Gasteiger partial charge in [0, 0.05) is 31.1 Å². The van der Waals surface area contributed by atoms with Crippen molar-refractivity contribution in [1.82, 2.24) is 10.2 Å². The van der Waals surface area contributed by atoms with Crippen LogP contribution in [0.15, 0.2) is 60.2 Å². The first-order chi connectivity index (χ1) is 16.4. The van der Waals surface area contributed by atoms with Crippen molar-refractivity contribution >= 4 is 18.0 Å². The highest BCUT2D eigenvalue weighted by atomic mass is 16.5. The van der Waals surface area contributed by atoms with Gasteiger partial charge >= 0.3 is 12.1 Å². The van der Waals surface area contributed by atoms with Gasteiger partial charge in [-0.3, -0.25) is 9.59 Å². The van der Waals surface area contributed by atoms with Crippen molar-refractivity contribution in [2.75, 3.05) is 26.2 Å². The summed E-state index contributed by atoms with van der Waals surface area (Å²) in [5, 5.41) is 12.2. The molecule has 1 aliphatic carbocycles. The van der Waals surface area contributed by atoms with Gasteiger partial charge in [0.05, 0.1) is 5.41 Å². The van der Waals surface area contributed by atoms with E-state index in [1.54, 1.807) is 17.9 Å². The molecular formula is C27H30N2O5. The SMILES string of the molecule is CCC1(C(=O)O)CCN(C(=O)/C(C)=C/CNC(=O)OCC2c3ccccc3-c3ccccc32)C1. The minimum absolute atomic E-state index is 0.0137. The van der Waals surface area contributed by atoms with Gasteiger partial charge in [-0.2, -0.15) is 0 Å². The summed E-state index contributed by atoms with van der Waals surface area (Å²) in [6, 6.07) is 16.3. The number of carboxylic acid groups (broad SMARTS) is 1. The Kier molecular flexibility index (Phi) is 6.72. The first-order valence-electron chi connectivity index (χ1n) is 11.6. The molecule has 4 rings (SSSR count). The predicted molar refractivity (Wildman–Crippen MR) is 128 cm³/mol. The first kappa shape index (κ1) is 23.5. The molecule has 0 bridgehead atoms. The zero-order valence-corrected chi connectivity index (χ0v) is 19.5. The Hall–Kier alpha value is -3.61. The van der Waals surface area contributed by atoms with E-state index in [1.807, 2.05) is 31.2 Å². The standard InChI is InChI=1S/C27H30N2O5/c1-3-27(25(31)32)13-15-29(17-27)24(30)18(2)12-14-28-26(33)34-16-23-21-10-6-4-8-19(21)20-9-5-7-11-22(20)23/h4-12,23H,3,13-17H2,1-2H3,(H,28,33)(H,31,32)/b18-12+. The number of hydrogen-bond acceptors (Lipinski definition) is 4. The number of ether oxygens (including phenoxy) is 1. The van der Waals surface area contributed by atoms with E-state index in [0.717, 1.165) is 11.1 Å². The number of hydrogen-bond donors (Lipinski definition) is 2. The number of carbonyl (C=O) groups excluding carboxylic acids is 2. The number of nitrogens with zero attached hydrogens (tertiary/aromatic N) is 1. The lowest BCUT2D eigenvalue weighted by atomic mass is 9.84. The van der Waals surface area contributed by atoms with E-state index in [0.29, 0.717) is 25.0 Å². The largest absolute Gasteiger partial charge is 0.481 e. The molecule has 34 heavy (non-hydrogen) atoms. The average Bonchev–Trinajstić information content (AvgIpc) is 3.43. The lowest BCUT2D eigenvalue weighted by Gasteiger charge is -2.23. The number of likely N-dealkylation sites (tertiary alicyclic amines) is 1. The van der Waals surface area contributed by atoms with Crippen LogP contribution < -0.4 is 5.32 Å². The molecule has 2 aromatic carbocycles. The van der Waals surface area contributed by atoms with Gasteiger partial charge in [0.25, 0.3) is 0 Å². The van der Waals surface area contributed by atoms with E-state index < -0.39 is 17.5 Å². The molecule has 1 heterocycles. The zero-order valence-electron chi connectivity index (χ0n) is 19.5. The number of carbonyl (C=O) groups is 3. The van der Waals surface area contributed by atoms with Gasteiger partial charge < -0.3 is 20.1 Å². The minimum atomic E-state index is -0.866. The molecule has 0 radical (unpaired) electrons. The topological polar surface area (TPSA) is 95.9 Å². The Morgan fingerprint density at radius 3 is 2.29 bits per heavy atom. The maximum absolute atomic E-state index is 12.7. The molecule has 1 atom stereocenters. The molecule has 1 saturated heterocycles. The number of alkyl carbamates (subject to hydrolysis) is 1. The van der Waals surface area contributed by atoms with Crippen molar-refractivity contribution in [1.29, 1.82) is 0 Å². The van der Waals surface area contributed by atoms with E-state index in [4.69, 9.17) is 4.74 Å². The highest BCUT2D eigenvalue weighted by molar-refractivity contribution is 5.94. The van der Waals surface area contributed by atoms with E-state index in [2.05, 4.69) is 29.6 Å². The predicted octanol–water partition coefficient (Wildman–Crippen LogP) is 4.18. The molecule has 2 aliphatic rings. The maximum atomic E-state index is 12.7. The van der Waals surface area contributed by atoms with Crippen molar-refractivity contribution < 1.29 is 24.2 Å². The Morgan fingerprint density at radius 1 is 1.12 bits per heavy atom. The molecule has 1 fully saturated rings. The molecule has 0 aromatic heterocycles. The van der Waals surface area contributed by atoms with Crippen LogP contribution in [0.2, 0.25) is 0 Å². The number of fused-ring (bicyclic) bond motifs is 3. The second kappa shape index (κ2) is 9.71. The van der Waals surface area contributed by atoms with Crippen molar-refractivity contribution in [3.63, 3.8) is 0 Å². The number of aliphatic carboxylic acids is 1. The molecule has 1 aliphatic heterocycles. The molecule has 2 N–H and O–H groups in total.